The molecule has 0 amide bonds. The van der Waals surface area contributed by atoms with E-state index in [4.69, 9.17) is 4.74 Å². The number of benzene rings is 1. The largest absolute Gasteiger partial charge is 0.416 e. The molecule has 156 valence electrons. The third-order valence-corrected chi connectivity index (χ3v) is 4.64. The van der Waals surface area contributed by atoms with Crippen LogP contribution in [-0.4, -0.2) is 48.6 Å². The molecule has 1 aromatic heterocycles. The Hall–Kier alpha value is -2.61. The molecule has 0 saturated carbocycles. The summed E-state index contributed by atoms with van der Waals surface area (Å²) in [6.07, 6.45) is -2.33. The number of pyridine rings is 1. The van der Waals surface area contributed by atoms with Crippen molar-refractivity contribution in [2.24, 2.45) is 4.99 Å². The van der Waals surface area contributed by atoms with E-state index in [0.29, 0.717) is 38.3 Å². The molecule has 1 aliphatic heterocycles. The minimum atomic E-state index is -4.37. The highest BCUT2D eigenvalue weighted by Gasteiger charge is 2.32. The quantitative estimate of drug-likeness (QED) is 0.608. The van der Waals surface area contributed by atoms with E-state index in [1.54, 1.807) is 12.3 Å². The zero-order valence-corrected chi connectivity index (χ0v) is 16.3. The van der Waals surface area contributed by atoms with Gasteiger partial charge in [0.15, 0.2) is 5.96 Å². The third kappa shape index (κ3) is 5.93. The van der Waals surface area contributed by atoms with Gasteiger partial charge in [-0.2, -0.15) is 13.2 Å². The maximum Gasteiger partial charge on any atom is 0.416 e. The monoisotopic (exact) mass is 406 g/mol. The minimum Gasteiger partial charge on any atom is -0.370 e. The summed E-state index contributed by atoms with van der Waals surface area (Å²) >= 11 is 0. The molecule has 5 nitrogen and oxygen atoms in total. The predicted octanol–water partition coefficient (Wildman–Crippen LogP) is 3.68. The van der Waals surface area contributed by atoms with E-state index in [-0.39, 0.29) is 0 Å². The average molecular weight is 406 g/mol. The Morgan fingerprint density at radius 2 is 2.14 bits per heavy atom. The number of alkyl halides is 3. The molecule has 1 saturated heterocycles. The normalized spacial score (nSPS) is 18.0. The fourth-order valence-electron chi connectivity index (χ4n) is 3.21. The van der Waals surface area contributed by atoms with Crippen LogP contribution in [0.5, 0.6) is 0 Å². The first-order chi connectivity index (χ1) is 14.0. The molecule has 0 aliphatic carbocycles. The number of hydrogen-bond acceptors (Lipinski definition) is 3. The van der Waals surface area contributed by atoms with Gasteiger partial charge in [0, 0.05) is 37.9 Å². The second kappa shape index (κ2) is 9.73. The minimum absolute atomic E-state index is 0.422. The van der Waals surface area contributed by atoms with Gasteiger partial charge in [0.05, 0.1) is 18.7 Å². The number of rotatable bonds is 5. The van der Waals surface area contributed by atoms with Crippen molar-refractivity contribution in [3.63, 3.8) is 0 Å². The highest BCUT2D eigenvalue weighted by molar-refractivity contribution is 5.80. The van der Waals surface area contributed by atoms with Crippen LogP contribution in [-0.2, 0) is 17.3 Å². The zero-order chi connectivity index (χ0) is 20.7. The molecule has 1 fully saturated rings. The zero-order valence-electron chi connectivity index (χ0n) is 16.3. The number of aromatic nitrogens is 1. The van der Waals surface area contributed by atoms with Gasteiger partial charge in [-0.25, -0.2) is 0 Å². The number of halogens is 3. The van der Waals surface area contributed by atoms with Gasteiger partial charge in [-0.1, -0.05) is 18.2 Å². The molecule has 1 unspecified atom stereocenters. The summed E-state index contributed by atoms with van der Waals surface area (Å²) in [4.78, 5) is 11.0. The summed E-state index contributed by atoms with van der Waals surface area (Å²) in [6.45, 7) is 4.76. The van der Waals surface area contributed by atoms with Crippen molar-refractivity contribution in [1.82, 2.24) is 15.2 Å². The Kier molecular flexibility index (Phi) is 7.09. The van der Waals surface area contributed by atoms with Crippen LogP contribution >= 0.6 is 0 Å². The van der Waals surface area contributed by atoms with Gasteiger partial charge in [0.25, 0.3) is 0 Å². The van der Waals surface area contributed by atoms with Gasteiger partial charge in [-0.05, 0) is 36.8 Å². The van der Waals surface area contributed by atoms with Crippen molar-refractivity contribution in [3.8, 4) is 0 Å². The Morgan fingerprint density at radius 3 is 2.86 bits per heavy atom. The smallest absolute Gasteiger partial charge is 0.370 e. The first-order valence-electron chi connectivity index (χ1n) is 9.69. The van der Waals surface area contributed by atoms with Crippen LogP contribution in [0.25, 0.3) is 0 Å². The molecule has 1 N–H and O–H groups in total. The van der Waals surface area contributed by atoms with Crippen molar-refractivity contribution in [2.75, 3.05) is 32.8 Å². The van der Waals surface area contributed by atoms with Gasteiger partial charge in [0.2, 0.25) is 0 Å². The summed E-state index contributed by atoms with van der Waals surface area (Å²) in [5.74, 6) is 0.740. The lowest BCUT2D eigenvalue weighted by Crippen LogP contribution is -2.48. The Balaban J connectivity index is 1.69. The maximum atomic E-state index is 13.0. The van der Waals surface area contributed by atoms with Gasteiger partial charge >= 0.3 is 6.18 Å². The number of ether oxygens (including phenoxy) is 1. The molecular formula is C21H25F3N4O. The van der Waals surface area contributed by atoms with Crippen LogP contribution in [0.4, 0.5) is 13.2 Å². The van der Waals surface area contributed by atoms with Crippen LogP contribution in [0.3, 0.4) is 0 Å². The highest BCUT2D eigenvalue weighted by Crippen LogP contribution is 2.32. The molecule has 1 aliphatic rings. The number of nitrogens with one attached hydrogen (secondary N) is 1. The summed E-state index contributed by atoms with van der Waals surface area (Å²) in [7, 11) is 0. The van der Waals surface area contributed by atoms with Gasteiger partial charge in [0.1, 0.15) is 6.10 Å². The van der Waals surface area contributed by atoms with Crippen LogP contribution in [0.2, 0.25) is 0 Å². The number of guanidine groups is 1. The fraction of sp³-hybridized carbons (Fsp3) is 0.429. The summed E-state index contributed by atoms with van der Waals surface area (Å²) in [5.41, 5.74) is 0.830. The molecular weight excluding hydrogens is 381 g/mol. The molecule has 29 heavy (non-hydrogen) atoms. The lowest BCUT2D eigenvalue weighted by Gasteiger charge is -2.35. The third-order valence-electron chi connectivity index (χ3n) is 4.64. The molecule has 1 atom stereocenters. The summed E-state index contributed by atoms with van der Waals surface area (Å²) < 4.78 is 44.9. The van der Waals surface area contributed by atoms with E-state index in [1.807, 2.05) is 30.0 Å². The van der Waals surface area contributed by atoms with Crippen molar-refractivity contribution in [1.29, 1.82) is 0 Å². The summed E-state index contributed by atoms with van der Waals surface area (Å²) in [6, 6.07) is 11.1. The first kappa shape index (κ1) is 21.1. The van der Waals surface area contributed by atoms with E-state index < -0.39 is 17.8 Å². The second-order valence-corrected chi connectivity index (χ2v) is 6.74. The molecule has 1 aromatic carbocycles. The highest BCUT2D eigenvalue weighted by atomic mass is 19.4. The fourth-order valence-corrected chi connectivity index (χ4v) is 3.21. The van der Waals surface area contributed by atoms with Crippen LogP contribution in [0.15, 0.2) is 53.7 Å². The molecule has 2 heterocycles. The number of hydrogen-bond donors (Lipinski definition) is 1. The van der Waals surface area contributed by atoms with Gasteiger partial charge in [-0.3, -0.25) is 9.98 Å². The molecule has 2 aromatic rings. The van der Waals surface area contributed by atoms with Crippen LogP contribution in [0, 0.1) is 0 Å². The van der Waals surface area contributed by atoms with Crippen molar-refractivity contribution in [3.05, 3.63) is 65.5 Å². The number of aliphatic imine (C=N–C) groups is 1. The van der Waals surface area contributed by atoms with Gasteiger partial charge < -0.3 is 15.0 Å². The van der Waals surface area contributed by atoms with Crippen molar-refractivity contribution >= 4 is 5.96 Å². The number of nitrogens with zero attached hydrogens (tertiary/aromatic N) is 3. The van der Waals surface area contributed by atoms with E-state index in [9.17, 15) is 13.2 Å². The van der Waals surface area contributed by atoms with E-state index in [1.165, 1.54) is 12.1 Å². The molecule has 0 bridgehead atoms. The Labute approximate surface area is 168 Å². The molecule has 0 spiro atoms. The first-order valence-corrected chi connectivity index (χ1v) is 9.69. The van der Waals surface area contributed by atoms with Crippen LogP contribution in [0.1, 0.15) is 29.8 Å². The van der Waals surface area contributed by atoms with Crippen LogP contribution < -0.4 is 5.32 Å². The van der Waals surface area contributed by atoms with Crippen molar-refractivity contribution in [2.45, 2.75) is 25.6 Å². The number of morpholine rings is 1. The van der Waals surface area contributed by atoms with E-state index >= 15 is 0 Å². The molecule has 8 heteroatoms. The van der Waals surface area contributed by atoms with Gasteiger partial charge in [-0.15, -0.1) is 0 Å². The lowest BCUT2D eigenvalue weighted by molar-refractivity contribution is -0.137. The van der Waals surface area contributed by atoms with E-state index in [0.717, 1.165) is 24.1 Å². The van der Waals surface area contributed by atoms with E-state index in [2.05, 4.69) is 15.3 Å². The average Bonchev–Trinajstić information content (AvgIpc) is 2.73. The SMILES string of the molecule is CCNC(=NCCc1ccccn1)N1CCOC(c2cccc(C(F)(F)F)c2)C1. The molecule has 0 radical (unpaired) electrons. The standard InChI is InChI=1S/C21H25F3N4O/c1-2-25-20(27-11-9-18-8-3-4-10-26-18)28-12-13-29-19(15-28)16-6-5-7-17(14-16)21(22,23)24/h3-8,10,14,19H,2,9,11-13,15H2,1H3,(H,25,27). The second-order valence-electron chi connectivity index (χ2n) is 6.74. The summed E-state index contributed by atoms with van der Waals surface area (Å²) in [5, 5.41) is 3.27. The van der Waals surface area contributed by atoms with Crippen molar-refractivity contribution < 1.29 is 17.9 Å². The maximum absolute atomic E-state index is 13.0. The topological polar surface area (TPSA) is 49.8 Å². The Morgan fingerprint density at radius 1 is 1.28 bits per heavy atom. The predicted molar refractivity (Wildman–Crippen MR) is 106 cm³/mol. The molecule has 3 rings (SSSR count). The lowest BCUT2D eigenvalue weighted by atomic mass is 10.0. The Bertz CT molecular complexity index is 811.